The molecule has 2 atom stereocenters. The molecule has 0 aliphatic rings. The van der Waals surface area contributed by atoms with Gasteiger partial charge >= 0.3 is 0 Å². The largest absolute Gasteiger partial charge is 0.494 e. The molecular formula is C16H20N2O2. The zero-order chi connectivity index (χ0) is 14.4. The van der Waals surface area contributed by atoms with Crippen LogP contribution in [0.4, 0.5) is 0 Å². The molecule has 1 aromatic heterocycles. The number of hydrogen-bond acceptors (Lipinski definition) is 4. The highest BCUT2D eigenvalue weighted by Gasteiger charge is 2.21. The molecule has 0 fully saturated rings. The first kappa shape index (κ1) is 14.5. The van der Waals surface area contributed by atoms with Crippen molar-refractivity contribution < 1.29 is 9.84 Å². The smallest absolute Gasteiger partial charge is 0.119 e. The summed E-state index contributed by atoms with van der Waals surface area (Å²) in [6.45, 7) is 2.94. The summed E-state index contributed by atoms with van der Waals surface area (Å²) in [4.78, 5) is 3.99. The third-order valence-corrected chi connectivity index (χ3v) is 3.30. The molecule has 2 aromatic rings. The van der Waals surface area contributed by atoms with Crippen LogP contribution in [0.15, 0.2) is 48.8 Å². The fourth-order valence-electron chi connectivity index (χ4n) is 2.22. The van der Waals surface area contributed by atoms with Crippen LogP contribution in [0.2, 0.25) is 0 Å². The molecule has 0 bridgehead atoms. The summed E-state index contributed by atoms with van der Waals surface area (Å²) in [5.74, 6) is 0.660. The molecule has 0 aliphatic heterocycles. The number of benzene rings is 1. The van der Waals surface area contributed by atoms with Gasteiger partial charge in [0.1, 0.15) is 5.75 Å². The lowest BCUT2D eigenvalue weighted by atomic mass is 9.90. The van der Waals surface area contributed by atoms with Gasteiger partial charge in [-0.3, -0.25) is 4.98 Å². The number of ether oxygens (including phenoxy) is 1. The summed E-state index contributed by atoms with van der Waals surface area (Å²) >= 11 is 0. The number of pyridine rings is 1. The highest BCUT2D eigenvalue weighted by atomic mass is 16.5. The Morgan fingerprint density at radius 2 is 1.75 bits per heavy atom. The van der Waals surface area contributed by atoms with E-state index in [1.54, 1.807) is 12.4 Å². The van der Waals surface area contributed by atoms with Crippen LogP contribution in [-0.4, -0.2) is 23.2 Å². The normalized spacial score (nSPS) is 13.8. The second-order valence-electron chi connectivity index (χ2n) is 4.57. The fourth-order valence-corrected chi connectivity index (χ4v) is 2.22. The summed E-state index contributed by atoms with van der Waals surface area (Å²) < 4.78 is 5.40. The Balaban J connectivity index is 2.18. The predicted octanol–water partition coefficient (Wildman–Crippen LogP) is 2.26. The lowest BCUT2D eigenvalue weighted by Crippen LogP contribution is -2.20. The van der Waals surface area contributed by atoms with Gasteiger partial charge in [-0.05, 0) is 42.3 Å². The van der Waals surface area contributed by atoms with Crippen molar-refractivity contribution in [1.29, 1.82) is 0 Å². The van der Waals surface area contributed by atoms with Crippen LogP contribution >= 0.6 is 0 Å². The Hall–Kier alpha value is -1.91. The molecule has 2 unspecified atom stereocenters. The van der Waals surface area contributed by atoms with Crippen molar-refractivity contribution in [2.45, 2.75) is 18.9 Å². The molecule has 0 saturated carbocycles. The number of rotatable bonds is 6. The van der Waals surface area contributed by atoms with E-state index in [1.807, 2.05) is 43.3 Å². The Kier molecular flexibility index (Phi) is 5.09. The first-order valence-electron chi connectivity index (χ1n) is 6.77. The molecule has 0 aliphatic carbocycles. The molecule has 0 radical (unpaired) electrons. The van der Waals surface area contributed by atoms with E-state index < -0.39 is 6.10 Å². The first-order valence-corrected chi connectivity index (χ1v) is 6.77. The number of nitrogens with zero attached hydrogens (tertiary/aromatic N) is 1. The van der Waals surface area contributed by atoms with Crippen LogP contribution in [0.1, 0.15) is 30.1 Å². The van der Waals surface area contributed by atoms with E-state index in [0.717, 1.165) is 16.9 Å². The monoisotopic (exact) mass is 272 g/mol. The van der Waals surface area contributed by atoms with Crippen molar-refractivity contribution in [3.05, 3.63) is 59.9 Å². The van der Waals surface area contributed by atoms with E-state index >= 15 is 0 Å². The van der Waals surface area contributed by atoms with Gasteiger partial charge in [-0.15, -0.1) is 0 Å². The zero-order valence-corrected chi connectivity index (χ0v) is 11.6. The maximum atomic E-state index is 10.5. The SMILES string of the molecule is CCOc1ccc(C(O)C(CN)c2ccncc2)cc1. The third-order valence-electron chi connectivity index (χ3n) is 3.30. The van der Waals surface area contributed by atoms with Crippen LogP contribution < -0.4 is 10.5 Å². The van der Waals surface area contributed by atoms with Gasteiger partial charge in [-0.25, -0.2) is 0 Å². The van der Waals surface area contributed by atoms with E-state index in [4.69, 9.17) is 10.5 Å². The van der Waals surface area contributed by atoms with Gasteiger partial charge < -0.3 is 15.6 Å². The van der Waals surface area contributed by atoms with Gasteiger partial charge in [0.2, 0.25) is 0 Å². The Morgan fingerprint density at radius 3 is 2.30 bits per heavy atom. The van der Waals surface area contributed by atoms with Gasteiger partial charge in [-0.1, -0.05) is 12.1 Å². The third kappa shape index (κ3) is 3.35. The van der Waals surface area contributed by atoms with Gasteiger partial charge in [-0.2, -0.15) is 0 Å². The van der Waals surface area contributed by atoms with Crippen molar-refractivity contribution in [3.8, 4) is 5.75 Å². The van der Waals surface area contributed by atoms with Crippen LogP contribution in [0.25, 0.3) is 0 Å². The molecular weight excluding hydrogens is 252 g/mol. The molecule has 106 valence electrons. The average molecular weight is 272 g/mol. The van der Waals surface area contributed by atoms with Crippen molar-refractivity contribution in [2.75, 3.05) is 13.2 Å². The minimum absolute atomic E-state index is 0.143. The number of aliphatic hydroxyl groups is 1. The topological polar surface area (TPSA) is 68.4 Å². The van der Waals surface area contributed by atoms with Crippen LogP contribution in [0.5, 0.6) is 5.75 Å². The number of aliphatic hydroxyl groups excluding tert-OH is 1. The summed E-state index contributed by atoms with van der Waals surface area (Å²) in [6, 6.07) is 11.2. The Bertz CT molecular complexity index is 514. The molecule has 20 heavy (non-hydrogen) atoms. The number of nitrogens with two attached hydrogens (primary N) is 1. The van der Waals surface area contributed by atoms with E-state index in [2.05, 4.69) is 4.98 Å². The van der Waals surface area contributed by atoms with Crippen molar-refractivity contribution in [1.82, 2.24) is 4.98 Å². The van der Waals surface area contributed by atoms with Crippen molar-refractivity contribution >= 4 is 0 Å². The van der Waals surface area contributed by atoms with E-state index in [0.29, 0.717) is 13.2 Å². The summed E-state index contributed by atoms with van der Waals surface area (Å²) in [6.07, 6.45) is 2.78. The minimum atomic E-state index is -0.641. The van der Waals surface area contributed by atoms with Gasteiger partial charge in [0.25, 0.3) is 0 Å². The van der Waals surface area contributed by atoms with Crippen LogP contribution in [0, 0.1) is 0 Å². The molecule has 1 aromatic carbocycles. The quantitative estimate of drug-likeness (QED) is 0.846. The van der Waals surface area contributed by atoms with Gasteiger partial charge in [0, 0.05) is 24.9 Å². The minimum Gasteiger partial charge on any atom is -0.494 e. The van der Waals surface area contributed by atoms with E-state index in [-0.39, 0.29) is 5.92 Å². The fraction of sp³-hybridized carbons (Fsp3) is 0.312. The van der Waals surface area contributed by atoms with Crippen LogP contribution in [-0.2, 0) is 0 Å². The molecule has 4 heteroatoms. The summed E-state index contributed by atoms with van der Waals surface area (Å²) in [5.41, 5.74) is 7.64. The molecule has 0 amide bonds. The molecule has 4 nitrogen and oxygen atoms in total. The summed E-state index contributed by atoms with van der Waals surface area (Å²) in [7, 11) is 0. The second kappa shape index (κ2) is 7.03. The van der Waals surface area contributed by atoms with Crippen LogP contribution in [0.3, 0.4) is 0 Å². The Labute approximate surface area is 119 Å². The maximum Gasteiger partial charge on any atom is 0.119 e. The predicted molar refractivity (Wildman–Crippen MR) is 78.6 cm³/mol. The first-order chi connectivity index (χ1) is 9.76. The number of hydrogen-bond donors (Lipinski definition) is 2. The molecule has 0 saturated heterocycles. The van der Waals surface area contributed by atoms with Crippen molar-refractivity contribution in [2.24, 2.45) is 5.73 Å². The van der Waals surface area contributed by atoms with E-state index in [1.165, 1.54) is 0 Å². The Morgan fingerprint density at radius 1 is 1.10 bits per heavy atom. The molecule has 2 rings (SSSR count). The maximum absolute atomic E-state index is 10.5. The molecule has 3 N–H and O–H groups in total. The second-order valence-corrected chi connectivity index (χ2v) is 4.57. The van der Waals surface area contributed by atoms with Crippen molar-refractivity contribution in [3.63, 3.8) is 0 Å². The summed E-state index contributed by atoms with van der Waals surface area (Å²) in [5, 5.41) is 10.5. The molecule has 0 spiro atoms. The number of aromatic nitrogens is 1. The standard InChI is InChI=1S/C16H20N2O2/c1-2-20-14-5-3-13(4-6-14)16(19)15(11-17)12-7-9-18-10-8-12/h3-10,15-16,19H,2,11,17H2,1H3. The zero-order valence-electron chi connectivity index (χ0n) is 11.6. The van der Waals surface area contributed by atoms with Gasteiger partial charge in [0.15, 0.2) is 0 Å². The van der Waals surface area contributed by atoms with E-state index in [9.17, 15) is 5.11 Å². The molecule has 1 heterocycles. The lowest BCUT2D eigenvalue weighted by molar-refractivity contribution is 0.147. The lowest BCUT2D eigenvalue weighted by Gasteiger charge is -2.22. The van der Waals surface area contributed by atoms with Gasteiger partial charge in [0.05, 0.1) is 12.7 Å². The average Bonchev–Trinajstić information content (AvgIpc) is 2.50. The highest BCUT2D eigenvalue weighted by molar-refractivity contribution is 5.31. The highest BCUT2D eigenvalue weighted by Crippen LogP contribution is 2.30.